The SMILES string of the molecule is CCOC(=O)c1c(NC(=O)c2cccc(SCC)c2)sc2c1CCN(CC)C2.Cl. The Bertz CT molecular complexity index is 870. The fourth-order valence-corrected chi connectivity index (χ4v) is 5.29. The number of hydrogen-bond donors (Lipinski definition) is 1. The summed E-state index contributed by atoms with van der Waals surface area (Å²) in [7, 11) is 0. The van der Waals surface area contributed by atoms with Crippen LogP contribution in [-0.2, 0) is 17.7 Å². The maximum absolute atomic E-state index is 12.9. The zero-order chi connectivity index (χ0) is 20.1. The van der Waals surface area contributed by atoms with Gasteiger partial charge in [0, 0.05) is 28.4 Å². The Kier molecular flexibility index (Phi) is 9.02. The summed E-state index contributed by atoms with van der Waals surface area (Å²) >= 11 is 3.19. The van der Waals surface area contributed by atoms with Gasteiger partial charge in [-0.25, -0.2) is 4.79 Å². The first kappa shape index (κ1) is 23.7. The number of ether oxygens (including phenoxy) is 1. The molecule has 5 nitrogen and oxygen atoms in total. The number of benzene rings is 1. The van der Waals surface area contributed by atoms with Gasteiger partial charge in [-0.2, -0.15) is 0 Å². The Hall–Kier alpha value is -1.54. The van der Waals surface area contributed by atoms with E-state index in [9.17, 15) is 9.59 Å². The normalized spacial score (nSPS) is 13.3. The van der Waals surface area contributed by atoms with Gasteiger partial charge >= 0.3 is 5.97 Å². The summed E-state index contributed by atoms with van der Waals surface area (Å²) in [5.74, 6) is 0.398. The van der Waals surface area contributed by atoms with Gasteiger partial charge in [-0.3, -0.25) is 9.69 Å². The van der Waals surface area contributed by atoms with E-state index in [0.29, 0.717) is 22.7 Å². The van der Waals surface area contributed by atoms with Crippen LogP contribution >= 0.6 is 35.5 Å². The predicted octanol–water partition coefficient (Wildman–Crippen LogP) is 5.09. The molecule has 0 aliphatic carbocycles. The fraction of sp³-hybridized carbons (Fsp3) is 0.429. The number of thioether (sulfide) groups is 1. The van der Waals surface area contributed by atoms with E-state index in [2.05, 4.69) is 24.1 Å². The number of rotatable bonds is 7. The van der Waals surface area contributed by atoms with E-state index in [4.69, 9.17) is 4.74 Å². The summed E-state index contributed by atoms with van der Waals surface area (Å²) in [5.41, 5.74) is 2.15. The Morgan fingerprint density at radius 2 is 2.07 bits per heavy atom. The standard InChI is InChI=1S/C21H26N2O3S2.ClH/c1-4-23-11-10-16-17(13-23)28-20(18(16)21(25)26-5-2)22-19(24)14-8-7-9-15(12-14)27-6-3;/h7-9,12H,4-6,10-11,13H2,1-3H3,(H,22,24);1H. The topological polar surface area (TPSA) is 58.6 Å². The van der Waals surface area contributed by atoms with Crippen LogP contribution in [0.4, 0.5) is 5.00 Å². The number of fused-ring (bicyclic) bond motifs is 1. The van der Waals surface area contributed by atoms with Gasteiger partial charge in [-0.1, -0.05) is 19.9 Å². The van der Waals surface area contributed by atoms with Crippen LogP contribution in [0, 0.1) is 0 Å². The minimum absolute atomic E-state index is 0. The lowest BCUT2D eigenvalue weighted by atomic mass is 10.0. The summed E-state index contributed by atoms with van der Waals surface area (Å²) < 4.78 is 5.28. The third-order valence-electron chi connectivity index (χ3n) is 4.70. The smallest absolute Gasteiger partial charge is 0.341 e. The molecule has 1 amide bonds. The summed E-state index contributed by atoms with van der Waals surface area (Å²) in [4.78, 5) is 30.0. The maximum Gasteiger partial charge on any atom is 0.341 e. The number of likely N-dealkylation sites (N-methyl/N-ethyl adjacent to an activating group) is 1. The molecule has 2 heterocycles. The molecule has 0 spiro atoms. The van der Waals surface area contributed by atoms with Crippen molar-refractivity contribution in [3.8, 4) is 0 Å². The highest BCUT2D eigenvalue weighted by molar-refractivity contribution is 7.99. The lowest BCUT2D eigenvalue weighted by Gasteiger charge is -2.25. The van der Waals surface area contributed by atoms with Gasteiger partial charge in [0.2, 0.25) is 0 Å². The van der Waals surface area contributed by atoms with Crippen LogP contribution in [0.2, 0.25) is 0 Å². The van der Waals surface area contributed by atoms with E-state index < -0.39 is 0 Å². The molecule has 1 aliphatic rings. The van der Waals surface area contributed by atoms with Gasteiger partial charge in [0.05, 0.1) is 12.2 Å². The number of carbonyl (C=O) groups is 2. The predicted molar refractivity (Wildman–Crippen MR) is 123 cm³/mol. The zero-order valence-electron chi connectivity index (χ0n) is 16.9. The number of thiophene rings is 1. The van der Waals surface area contributed by atoms with E-state index in [0.717, 1.165) is 47.1 Å². The maximum atomic E-state index is 12.9. The molecule has 8 heteroatoms. The molecule has 29 heavy (non-hydrogen) atoms. The summed E-state index contributed by atoms with van der Waals surface area (Å²) in [6, 6.07) is 7.57. The lowest BCUT2D eigenvalue weighted by Crippen LogP contribution is -2.30. The van der Waals surface area contributed by atoms with Gasteiger partial charge < -0.3 is 10.1 Å². The monoisotopic (exact) mass is 454 g/mol. The van der Waals surface area contributed by atoms with Crippen molar-refractivity contribution < 1.29 is 14.3 Å². The first-order chi connectivity index (χ1) is 13.6. The molecule has 0 saturated carbocycles. The molecular formula is C21H27ClN2O3S2. The largest absolute Gasteiger partial charge is 0.462 e. The van der Waals surface area contributed by atoms with Gasteiger partial charge in [0.1, 0.15) is 5.00 Å². The van der Waals surface area contributed by atoms with Crippen LogP contribution in [0.25, 0.3) is 0 Å². The number of anilines is 1. The van der Waals surface area contributed by atoms with E-state index >= 15 is 0 Å². The van der Waals surface area contributed by atoms with E-state index in [1.54, 1.807) is 24.8 Å². The van der Waals surface area contributed by atoms with Gasteiger partial charge in [-0.15, -0.1) is 35.5 Å². The summed E-state index contributed by atoms with van der Waals surface area (Å²) in [6.45, 7) is 9.01. The summed E-state index contributed by atoms with van der Waals surface area (Å²) in [6.07, 6.45) is 0.798. The lowest BCUT2D eigenvalue weighted by molar-refractivity contribution is 0.0526. The van der Waals surface area contributed by atoms with Gasteiger partial charge in [0.25, 0.3) is 5.91 Å². The average molecular weight is 455 g/mol. The van der Waals surface area contributed by atoms with Gasteiger partial charge in [0.15, 0.2) is 0 Å². The van der Waals surface area contributed by atoms with Crippen LogP contribution in [-0.4, -0.2) is 42.2 Å². The number of nitrogens with zero attached hydrogens (tertiary/aromatic N) is 1. The molecule has 0 bridgehead atoms. The Labute approximate surface area is 186 Å². The second-order valence-electron chi connectivity index (χ2n) is 6.46. The molecule has 1 aromatic heterocycles. The van der Waals surface area contributed by atoms with Crippen molar-refractivity contribution in [3.05, 3.63) is 45.8 Å². The van der Waals surface area contributed by atoms with Crippen LogP contribution in [0.3, 0.4) is 0 Å². The van der Waals surface area contributed by atoms with E-state index in [1.165, 1.54) is 11.3 Å². The number of carbonyl (C=O) groups excluding carboxylic acids is 2. The Balaban J connectivity index is 0.00000300. The molecule has 0 saturated heterocycles. The number of hydrogen-bond acceptors (Lipinski definition) is 6. The van der Waals surface area contributed by atoms with E-state index in [1.807, 2.05) is 18.2 Å². The number of nitrogens with one attached hydrogen (secondary N) is 1. The molecule has 1 N–H and O–H groups in total. The van der Waals surface area contributed by atoms with Crippen molar-refractivity contribution >= 4 is 52.4 Å². The van der Waals surface area contributed by atoms with Crippen molar-refractivity contribution in [1.82, 2.24) is 4.90 Å². The highest BCUT2D eigenvalue weighted by Gasteiger charge is 2.29. The fourth-order valence-electron chi connectivity index (χ4n) is 3.30. The molecule has 2 aromatic rings. The number of amides is 1. The van der Waals surface area contributed by atoms with Crippen LogP contribution in [0.15, 0.2) is 29.2 Å². The first-order valence-corrected chi connectivity index (χ1v) is 11.5. The van der Waals surface area contributed by atoms with Crippen molar-refractivity contribution in [2.75, 3.05) is 30.8 Å². The van der Waals surface area contributed by atoms with Crippen molar-refractivity contribution in [2.45, 2.75) is 38.6 Å². The van der Waals surface area contributed by atoms with Crippen molar-refractivity contribution in [1.29, 1.82) is 0 Å². The van der Waals surface area contributed by atoms with Crippen LogP contribution < -0.4 is 5.32 Å². The molecule has 1 aromatic carbocycles. The zero-order valence-corrected chi connectivity index (χ0v) is 19.4. The van der Waals surface area contributed by atoms with Crippen molar-refractivity contribution in [2.24, 2.45) is 0 Å². The second-order valence-corrected chi connectivity index (χ2v) is 8.90. The van der Waals surface area contributed by atoms with Gasteiger partial charge in [-0.05, 0) is 49.4 Å². The highest BCUT2D eigenvalue weighted by atomic mass is 35.5. The minimum Gasteiger partial charge on any atom is -0.462 e. The quantitative estimate of drug-likeness (QED) is 0.466. The second kappa shape index (κ2) is 11.0. The summed E-state index contributed by atoms with van der Waals surface area (Å²) in [5, 5.41) is 3.57. The molecule has 158 valence electrons. The average Bonchev–Trinajstić information content (AvgIpc) is 3.05. The minimum atomic E-state index is -0.351. The molecule has 0 fully saturated rings. The molecular weight excluding hydrogens is 428 g/mol. The third-order valence-corrected chi connectivity index (χ3v) is 6.71. The van der Waals surface area contributed by atoms with E-state index in [-0.39, 0.29) is 24.3 Å². The molecule has 3 rings (SSSR count). The Morgan fingerprint density at radius 1 is 1.28 bits per heavy atom. The molecule has 0 unspecified atom stereocenters. The number of halogens is 1. The molecule has 1 aliphatic heterocycles. The highest BCUT2D eigenvalue weighted by Crippen LogP contribution is 2.38. The first-order valence-electron chi connectivity index (χ1n) is 9.65. The molecule has 0 atom stereocenters. The number of esters is 1. The Morgan fingerprint density at radius 3 is 2.76 bits per heavy atom. The van der Waals surface area contributed by atoms with Crippen LogP contribution in [0.1, 0.15) is 51.9 Å². The van der Waals surface area contributed by atoms with Crippen molar-refractivity contribution in [3.63, 3.8) is 0 Å². The molecule has 0 radical (unpaired) electrons. The van der Waals surface area contributed by atoms with Crippen LogP contribution in [0.5, 0.6) is 0 Å². The third kappa shape index (κ3) is 5.54.